The number of fused-ring (bicyclic) bond motifs is 1. The van der Waals surface area contributed by atoms with Crippen LogP contribution in [0.15, 0.2) is 36.4 Å². The number of hydrogen-bond donors (Lipinski definition) is 2. The molecule has 1 spiro atoms. The van der Waals surface area contributed by atoms with Crippen LogP contribution in [0.3, 0.4) is 0 Å². The quantitative estimate of drug-likeness (QED) is 0.340. The molecule has 2 aromatic carbocycles. The number of nitrogens with two attached hydrogens (primary N) is 1. The summed E-state index contributed by atoms with van der Waals surface area (Å²) in [6, 6.07) is 11.1. The van der Waals surface area contributed by atoms with Crippen LogP contribution < -0.4 is 20.7 Å². The van der Waals surface area contributed by atoms with E-state index in [-0.39, 0.29) is 24.1 Å². The average Bonchev–Trinajstić information content (AvgIpc) is 3.65. The topological polar surface area (TPSA) is 105 Å². The Bertz CT molecular complexity index is 1490. The molecule has 41 heavy (non-hydrogen) atoms. The fraction of sp³-hybridized carbons (Fsp3) is 0.485. The Labute approximate surface area is 240 Å². The zero-order valence-corrected chi connectivity index (χ0v) is 23.4. The van der Waals surface area contributed by atoms with E-state index >= 15 is 0 Å². The summed E-state index contributed by atoms with van der Waals surface area (Å²) in [6.45, 7) is 2.51. The second kappa shape index (κ2) is 9.83. The van der Waals surface area contributed by atoms with Gasteiger partial charge in [-0.15, -0.1) is 0 Å². The van der Waals surface area contributed by atoms with Gasteiger partial charge in [0, 0.05) is 54.9 Å². The third-order valence-electron chi connectivity index (χ3n) is 10.2. The number of imide groups is 1. The first-order chi connectivity index (χ1) is 19.8. The van der Waals surface area contributed by atoms with Crippen LogP contribution in [-0.2, 0) is 16.1 Å². The van der Waals surface area contributed by atoms with Gasteiger partial charge in [-0.05, 0) is 85.6 Å². The van der Waals surface area contributed by atoms with Crippen molar-refractivity contribution in [1.29, 1.82) is 0 Å². The molecule has 3 aliphatic heterocycles. The smallest absolute Gasteiger partial charge is 0.255 e. The molecule has 7 rings (SSSR count). The molecule has 3 N–H and O–H groups in total. The molecule has 2 saturated carbocycles. The fourth-order valence-corrected chi connectivity index (χ4v) is 7.67. The van der Waals surface area contributed by atoms with Crippen molar-refractivity contribution in [3.05, 3.63) is 53.1 Å². The molecule has 2 aromatic rings. The van der Waals surface area contributed by atoms with Crippen molar-refractivity contribution in [1.82, 2.24) is 10.2 Å². The highest BCUT2D eigenvalue weighted by molar-refractivity contribution is 6.05. The van der Waals surface area contributed by atoms with Crippen LogP contribution in [0.1, 0.15) is 66.4 Å². The Morgan fingerprint density at radius 1 is 1.10 bits per heavy atom. The normalized spacial score (nSPS) is 26.7. The van der Waals surface area contributed by atoms with Crippen molar-refractivity contribution < 1.29 is 19.1 Å². The van der Waals surface area contributed by atoms with Crippen LogP contribution in [0.5, 0.6) is 5.75 Å². The van der Waals surface area contributed by atoms with Crippen LogP contribution >= 0.6 is 0 Å². The molecule has 4 fully saturated rings. The molecule has 8 nitrogen and oxygen atoms in total. The van der Waals surface area contributed by atoms with Gasteiger partial charge in [-0.1, -0.05) is 17.9 Å². The number of ether oxygens (including phenoxy) is 1. The van der Waals surface area contributed by atoms with Crippen molar-refractivity contribution in [2.75, 3.05) is 30.8 Å². The monoisotopic (exact) mass is 552 g/mol. The standard InChI is InChI=1S/C33H36N4O4/c1-41-29-16-23(7-8-27(29)34)36-13-11-33(12-14-36)17-22(18-33)25-15-21(25)6-5-20-3-2-4-24-26(20)19-37(32(24)40)28-9-10-30(38)35-31(28)39/h2-4,7-8,16,21-22,25,28H,9-15,17-19,34H2,1H3,(H,35,38,39)/t21-,25-,28?/m1/s1. The van der Waals surface area contributed by atoms with Crippen LogP contribution in [0.25, 0.3) is 0 Å². The number of nitrogens with zero attached hydrogens (tertiary/aromatic N) is 2. The molecule has 5 aliphatic rings. The lowest BCUT2D eigenvalue weighted by Gasteiger charge is -2.53. The first-order valence-electron chi connectivity index (χ1n) is 14.8. The summed E-state index contributed by atoms with van der Waals surface area (Å²) in [5.74, 6) is 8.74. The van der Waals surface area contributed by atoms with Crippen molar-refractivity contribution in [2.24, 2.45) is 23.2 Å². The summed E-state index contributed by atoms with van der Waals surface area (Å²) in [4.78, 5) is 41.1. The predicted molar refractivity (Wildman–Crippen MR) is 155 cm³/mol. The number of piperidine rings is 2. The summed E-state index contributed by atoms with van der Waals surface area (Å²) in [7, 11) is 1.66. The molecule has 0 aromatic heterocycles. The third kappa shape index (κ3) is 4.61. The number of benzene rings is 2. The lowest BCUT2D eigenvalue weighted by Crippen LogP contribution is -2.52. The number of carbonyl (C=O) groups excluding carboxylic acids is 3. The minimum atomic E-state index is -0.603. The van der Waals surface area contributed by atoms with E-state index in [4.69, 9.17) is 10.5 Å². The minimum absolute atomic E-state index is 0.149. The molecule has 3 heterocycles. The van der Waals surface area contributed by atoms with Gasteiger partial charge in [0.2, 0.25) is 11.8 Å². The van der Waals surface area contributed by atoms with Gasteiger partial charge in [0.15, 0.2) is 0 Å². The number of nitrogen functional groups attached to an aromatic ring is 1. The molecule has 2 saturated heterocycles. The third-order valence-corrected chi connectivity index (χ3v) is 10.2. The second-order valence-corrected chi connectivity index (χ2v) is 12.6. The number of nitrogens with one attached hydrogen (secondary N) is 1. The summed E-state index contributed by atoms with van der Waals surface area (Å²) >= 11 is 0. The summed E-state index contributed by atoms with van der Waals surface area (Å²) in [5.41, 5.74) is 10.8. The van der Waals surface area contributed by atoms with Crippen LogP contribution in [0, 0.1) is 35.0 Å². The Morgan fingerprint density at radius 3 is 2.66 bits per heavy atom. The number of anilines is 2. The Kier molecular flexibility index (Phi) is 6.22. The van der Waals surface area contributed by atoms with E-state index in [1.54, 1.807) is 12.0 Å². The number of methoxy groups -OCH3 is 1. The molecular formula is C33H36N4O4. The molecule has 1 unspecified atom stereocenters. The Balaban J connectivity index is 0.943. The van der Waals surface area contributed by atoms with Gasteiger partial charge in [-0.3, -0.25) is 19.7 Å². The molecule has 212 valence electrons. The van der Waals surface area contributed by atoms with Crippen molar-refractivity contribution in [3.63, 3.8) is 0 Å². The number of carbonyl (C=O) groups is 3. The maximum absolute atomic E-state index is 13.1. The molecular weight excluding hydrogens is 516 g/mol. The van der Waals surface area contributed by atoms with Gasteiger partial charge in [0.1, 0.15) is 11.8 Å². The van der Waals surface area contributed by atoms with E-state index in [1.165, 1.54) is 37.8 Å². The first kappa shape index (κ1) is 25.9. The van der Waals surface area contributed by atoms with Gasteiger partial charge >= 0.3 is 0 Å². The molecule has 3 amide bonds. The number of hydrogen-bond acceptors (Lipinski definition) is 6. The van der Waals surface area contributed by atoms with E-state index in [1.807, 2.05) is 24.3 Å². The van der Waals surface area contributed by atoms with Gasteiger partial charge < -0.3 is 20.3 Å². The molecule has 0 radical (unpaired) electrons. The lowest BCUT2D eigenvalue weighted by molar-refractivity contribution is -0.136. The molecule has 3 atom stereocenters. The highest BCUT2D eigenvalue weighted by atomic mass is 16.5. The fourth-order valence-electron chi connectivity index (χ4n) is 7.67. The van der Waals surface area contributed by atoms with Gasteiger partial charge in [-0.25, -0.2) is 0 Å². The zero-order valence-electron chi connectivity index (χ0n) is 23.4. The lowest BCUT2D eigenvalue weighted by atomic mass is 9.56. The average molecular weight is 553 g/mol. The predicted octanol–water partition coefficient (Wildman–Crippen LogP) is 3.72. The molecule has 8 heteroatoms. The molecule has 2 aliphatic carbocycles. The molecule has 0 bridgehead atoms. The van der Waals surface area contributed by atoms with E-state index in [0.29, 0.717) is 41.5 Å². The Hall–Kier alpha value is -3.99. The number of amides is 3. The second-order valence-electron chi connectivity index (χ2n) is 12.6. The zero-order chi connectivity index (χ0) is 28.3. The summed E-state index contributed by atoms with van der Waals surface area (Å²) < 4.78 is 5.41. The summed E-state index contributed by atoms with van der Waals surface area (Å²) in [6.07, 6.45) is 6.87. The van der Waals surface area contributed by atoms with Crippen LogP contribution in [-0.4, -0.2) is 48.9 Å². The van der Waals surface area contributed by atoms with Gasteiger partial charge in [0.05, 0.1) is 12.8 Å². The highest BCUT2D eigenvalue weighted by Gasteiger charge is 2.54. The maximum atomic E-state index is 13.1. The highest BCUT2D eigenvalue weighted by Crippen LogP contribution is 2.61. The first-order valence-corrected chi connectivity index (χ1v) is 14.8. The minimum Gasteiger partial charge on any atom is -0.495 e. The number of rotatable bonds is 4. The maximum Gasteiger partial charge on any atom is 0.255 e. The van der Waals surface area contributed by atoms with Crippen LogP contribution in [0.2, 0.25) is 0 Å². The van der Waals surface area contributed by atoms with Crippen molar-refractivity contribution in [2.45, 2.75) is 57.5 Å². The van der Waals surface area contributed by atoms with E-state index in [0.717, 1.165) is 35.9 Å². The van der Waals surface area contributed by atoms with Gasteiger partial charge in [0.25, 0.3) is 5.91 Å². The van der Waals surface area contributed by atoms with Crippen molar-refractivity contribution in [3.8, 4) is 17.6 Å². The van der Waals surface area contributed by atoms with Crippen molar-refractivity contribution >= 4 is 29.1 Å². The van der Waals surface area contributed by atoms with E-state index < -0.39 is 6.04 Å². The van der Waals surface area contributed by atoms with E-state index in [2.05, 4.69) is 34.2 Å². The largest absolute Gasteiger partial charge is 0.495 e. The van der Waals surface area contributed by atoms with E-state index in [9.17, 15) is 14.4 Å². The SMILES string of the molecule is COc1cc(N2CCC3(CC2)CC([C@@H]2C[C@H]2C#Cc2cccc4c2CN(C2CCC(=O)NC2=O)C4=O)C3)ccc1N. The van der Waals surface area contributed by atoms with Crippen LogP contribution in [0.4, 0.5) is 11.4 Å². The summed E-state index contributed by atoms with van der Waals surface area (Å²) in [5, 5.41) is 2.37. The Morgan fingerprint density at radius 2 is 1.90 bits per heavy atom. The van der Waals surface area contributed by atoms with Gasteiger partial charge in [-0.2, -0.15) is 0 Å².